The van der Waals surface area contributed by atoms with E-state index in [4.69, 9.17) is 0 Å². The molecule has 1 atom stereocenters. The fraction of sp³-hybridized carbons (Fsp3) is 0.938. The molecule has 0 aromatic heterocycles. The van der Waals surface area contributed by atoms with Gasteiger partial charge in [-0.15, -0.1) is 13.2 Å². The van der Waals surface area contributed by atoms with E-state index in [0.717, 1.165) is 6.92 Å². The number of halogens is 63. The van der Waals surface area contributed by atoms with Gasteiger partial charge in [0.1, 0.15) is 46.7 Å². The van der Waals surface area contributed by atoms with Gasteiger partial charge in [0, 0.05) is 26.9 Å². The second-order valence-corrected chi connectivity index (χ2v) is 15.9. The summed E-state index contributed by atoms with van der Waals surface area (Å²) in [6, 6.07) is 0. The van der Waals surface area contributed by atoms with E-state index in [1.54, 1.807) is 20.8 Å². The Labute approximate surface area is 756 Å². The lowest BCUT2D eigenvalue weighted by Crippen LogP contribution is -2.45. The van der Waals surface area contributed by atoms with E-state index >= 15 is 0 Å². The first kappa shape index (κ1) is 255. The zero-order valence-corrected chi connectivity index (χ0v) is 70.0. The van der Waals surface area contributed by atoms with Crippen LogP contribution in [0.5, 0.6) is 0 Å². The van der Waals surface area contributed by atoms with Gasteiger partial charge in [0.15, 0.2) is 33.6 Å². The van der Waals surface area contributed by atoms with Crippen molar-refractivity contribution in [2.45, 2.75) is 190 Å². The Morgan fingerprint density at radius 3 is 0.409 bits per heavy atom. The minimum Gasteiger partial charge on any atom is -0.260 e. The highest BCUT2D eigenvalue weighted by molar-refractivity contribution is 7.81. The second-order valence-electron chi connectivity index (χ2n) is 13.2. The molecule has 0 N–H and O–H groups in total. The molecule has 0 saturated carbocycles. The molecule has 0 spiro atoms. The monoisotopic (exact) mass is 2240 g/mol. The Hall–Kier alpha value is -4.09. The zero-order valence-electron chi connectivity index (χ0n) is 66.7. The van der Waals surface area contributed by atoms with Gasteiger partial charge in [-0.05, 0) is 61.3 Å². The van der Waals surface area contributed by atoms with Crippen LogP contribution < -0.4 is 0 Å². The summed E-state index contributed by atoms with van der Waals surface area (Å²) in [4.78, 5) is 1.02. The van der Waals surface area contributed by atoms with Crippen LogP contribution in [0.4, 0.5) is 277 Å². The van der Waals surface area contributed by atoms with E-state index in [-0.39, 0.29) is 90.7 Å². The number of ether oxygens (including phenoxy) is 1. The number of hydrogen-bond acceptors (Lipinski definition) is 5. The first-order valence-electron chi connectivity index (χ1n) is 28.5. The first-order chi connectivity index (χ1) is 56.7. The molecule has 0 saturated heterocycles. The van der Waals surface area contributed by atoms with Crippen molar-refractivity contribution in [2.75, 3.05) is 212 Å². The summed E-state index contributed by atoms with van der Waals surface area (Å²) in [5.41, 5.74) is 0. The van der Waals surface area contributed by atoms with Crippen LogP contribution in [0.1, 0.15) is 141 Å². The van der Waals surface area contributed by atoms with Crippen LogP contribution in [0.15, 0.2) is 0 Å². The molecular formula is C64H133F63OS4. The molecule has 0 aliphatic rings. The largest absolute Gasteiger partial charge is 0.524 e. The highest BCUT2D eigenvalue weighted by atomic mass is 32.1. The molecular weight excluding hydrogens is 2110 g/mol. The van der Waals surface area contributed by atoms with E-state index in [2.05, 4.69) is 53.6 Å². The lowest BCUT2D eigenvalue weighted by molar-refractivity contribution is -0.336. The van der Waals surface area contributed by atoms with Crippen LogP contribution in [0.2, 0.25) is 0 Å². The standard InChI is InChI=1S/C9H15F5.C3H4F2S.3C3H5FS.C2H2F4O.4C2H2F4.2C2H4F2.3C2H5F.11CH2F2.4CH3F.8CH4/c1-3-7(2)9(13,14)8(11,12)5-4-6-10;1-2(6)3(4)5;3*1-3(5)2-4;3-1-7-2(4,5)6;4*3-1-2(4,5)6;2*3-1-2-4;3*1-2-3;11*2-1-3;4*1-2;;;;;;;;/h7H,3-6H2,1-2H3;3H,1H3;3*2H2,1H3;1H2;4*1H2;2*1-2H2;3*2H2,1H3;11*1H2;4*1H3;8*1H4. The van der Waals surface area contributed by atoms with Gasteiger partial charge >= 0.3 is 42.9 Å². The quantitative estimate of drug-likeness (QED) is 0.134. The molecule has 132 heavy (non-hydrogen) atoms. The summed E-state index contributed by atoms with van der Waals surface area (Å²) in [7, 11) is 2.00. The van der Waals surface area contributed by atoms with Crippen LogP contribution in [0.3, 0.4) is 0 Å². The molecule has 0 aromatic rings. The number of hydrogen-bond donors (Lipinski definition) is 0. The summed E-state index contributed by atoms with van der Waals surface area (Å²) in [5, 5.41) is 0. The highest BCUT2D eigenvalue weighted by Crippen LogP contribution is 2.44. The molecule has 0 aliphatic heterocycles. The van der Waals surface area contributed by atoms with Crippen LogP contribution in [0, 0.1) is 5.92 Å². The second kappa shape index (κ2) is 266. The average Bonchev–Trinajstić information content (AvgIpc) is 0.807. The maximum atomic E-state index is 13.0. The smallest absolute Gasteiger partial charge is 0.260 e. The number of alkyl halides is 63. The maximum absolute atomic E-state index is 13.0. The van der Waals surface area contributed by atoms with Gasteiger partial charge in [0.25, 0.3) is 6.43 Å². The van der Waals surface area contributed by atoms with Crippen LogP contribution in [-0.2, 0) is 4.74 Å². The first-order valence-corrected chi connectivity index (χ1v) is 30.1. The minimum atomic E-state index is -4.82. The molecule has 0 fully saturated rings. The summed E-state index contributed by atoms with van der Waals surface area (Å²) in [6.07, 6.45) is -27.4. The summed E-state index contributed by atoms with van der Waals surface area (Å²) in [5.74, 6) is -9.54. The number of thiocarbonyl (C=S) groups is 4. The Morgan fingerprint density at radius 1 is 0.265 bits per heavy atom. The maximum Gasteiger partial charge on any atom is 0.524 e. The average molecular weight is 2240 g/mol. The predicted octanol–water partition coefficient (Wildman–Crippen LogP) is 39.2. The van der Waals surface area contributed by atoms with Gasteiger partial charge in [-0.25, -0.2) is 158 Å². The molecule has 1 nitrogen and oxygen atoms in total. The van der Waals surface area contributed by atoms with Crippen molar-refractivity contribution in [2.24, 2.45) is 5.92 Å². The Bertz CT molecular complexity index is 1310. The summed E-state index contributed by atoms with van der Waals surface area (Å²) >= 11 is 17.0. The van der Waals surface area contributed by atoms with E-state index in [9.17, 15) is 277 Å². The molecule has 0 aromatic carbocycles. The summed E-state index contributed by atoms with van der Waals surface area (Å²) < 4.78 is 652. The van der Waals surface area contributed by atoms with Gasteiger partial charge in [-0.1, -0.05) is 122 Å². The van der Waals surface area contributed by atoms with E-state index in [1.165, 1.54) is 34.6 Å². The third kappa shape index (κ3) is 932. The van der Waals surface area contributed by atoms with Crippen molar-refractivity contribution >= 4 is 68.3 Å². The highest BCUT2D eigenvalue weighted by Gasteiger charge is 2.58. The minimum absolute atomic E-state index is 0. The van der Waals surface area contributed by atoms with E-state index in [1.807, 2.05) is 0 Å². The Balaban J connectivity index is -0.0000000195. The van der Waals surface area contributed by atoms with Gasteiger partial charge in [0.2, 0.25) is 76.2 Å². The SMILES string of the molecule is C.C.C.C.C.C.C.C.CC(=S)C(F)F.CC(=S)CF.CC(=S)CF.CC(=S)CF.CCC(C)C(F)(F)C(F)(F)CCCF.CCF.CCF.CCF.CF.CF.CF.CF.FCC(F)(F)F.FCC(F)(F)F.FCC(F)(F)F.FCC(F)(F)F.FCCF.FCCF.FCF.FCF.FCF.FCF.FCF.FCF.FCF.FCF.FCF.FCF.FCF.FCOC(F)(F)F. The normalized spacial score (nSPS) is 8.31. The van der Waals surface area contributed by atoms with Crippen molar-refractivity contribution in [3.63, 3.8) is 0 Å². The third-order valence-corrected chi connectivity index (χ3v) is 4.69. The molecule has 0 radical (unpaired) electrons. The molecule has 0 bridgehead atoms. The van der Waals surface area contributed by atoms with Crippen molar-refractivity contribution in [1.29, 1.82) is 0 Å². The van der Waals surface area contributed by atoms with Crippen molar-refractivity contribution in [3.8, 4) is 0 Å². The topological polar surface area (TPSA) is 9.23 Å². The lowest BCUT2D eigenvalue weighted by atomic mass is 9.93. The summed E-state index contributed by atoms with van der Waals surface area (Å²) in [6.45, 7) is -23.7. The van der Waals surface area contributed by atoms with Crippen LogP contribution in [0.25, 0.3) is 0 Å². The molecule has 0 rings (SSSR count). The lowest BCUT2D eigenvalue weighted by Gasteiger charge is -2.30. The molecule has 68 heteroatoms. The van der Waals surface area contributed by atoms with Gasteiger partial charge in [-0.2, -0.15) is 70.2 Å². The molecule has 0 aliphatic carbocycles. The van der Waals surface area contributed by atoms with Gasteiger partial charge < -0.3 is 0 Å². The molecule has 1 unspecified atom stereocenters. The van der Waals surface area contributed by atoms with E-state index < -0.39 is 231 Å². The fourth-order valence-electron chi connectivity index (χ4n) is 1.13. The van der Waals surface area contributed by atoms with Crippen molar-refractivity contribution < 1.29 is 281 Å². The van der Waals surface area contributed by atoms with Crippen LogP contribution in [-0.4, -0.2) is 281 Å². The van der Waals surface area contributed by atoms with E-state index in [0.29, 0.717) is 43.3 Å². The molecule has 0 heterocycles. The van der Waals surface area contributed by atoms with Crippen molar-refractivity contribution in [3.05, 3.63) is 0 Å². The molecule has 0 amide bonds. The Kier molecular flexibility index (Phi) is 514. The third-order valence-electron chi connectivity index (χ3n) is 4.18. The zero-order chi connectivity index (χ0) is 109. The van der Waals surface area contributed by atoms with Gasteiger partial charge in [0.05, 0.1) is 60.3 Å². The van der Waals surface area contributed by atoms with Crippen molar-refractivity contribution in [1.82, 2.24) is 0 Å². The Morgan fingerprint density at radius 2 is 0.371 bits per heavy atom. The number of rotatable bonds is 13. The van der Waals surface area contributed by atoms with Crippen LogP contribution >= 0.6 is 48.9 Å². The predicted molar refractivity (Wildman–Crippen MR) is 422 cm³/mol. The molecule has 860 valence electrons. The van der Waals surface area contributed by atoms with Gasteiger partial charge in [-0.3, -0.25) is 39.9 Å². The fourth-order valence-corrected chi connectivity index (χ4v) is 1.13.